The summed E-state index contributed by atoms with van der Waals surface area (Å²) in [5.41, 5.74) is 0.141. The number of aromatic nitrogens is 3. The number of Topliss-reactive ketones (excluding diaryl/α,β-unsaturated/α-hetero) is 1. The van der Waals surface area contributed by atoms with Gasteiger partial charge in [0.15, 0.2) is 11.6 Å². The van der Waals surface area contributed by atoms with Crippen LogP contribution in [0.2, 0.25) is 0 Å². The zero-order valence-electron chi connectivity index (χ0n) is 14.1. The normalized spacial score (nSPS) is 15.7. The van der Waals surface area contributed by atoms with Gasteiger partial charge in [0.1, 0.15) is 12.2 Å². The monoisotopic (exact) mass is 362 g/mol. The van der Waals surface area contributed by atoms with Gasteiger partial charge in [-0.2, -0.15) is 4.37 Å². The smallest absolute Gasteiger partial charge is 0.263 e. The minimum Gasteiger partial charge on any atom is -0.377 e. The van der Waals surface area contributed by atoms with Gasteiger partial charge in [-0.25, -0.2) is 4.98 Å². The third-order valence-corrected chi connectivity index (χ3v) is 4.59. The molecular formula is C16H18N4O4S. The Morgan fingerprint density at radius 3 is 2.88 bits per heavy atom. The summed E-state index contributed by atoms with van der Waals surface area (Å²) in [5, 5.41) is 2.80. The van der Waals surface area contributed by atoms with Crippen LogP contribution in [0.1, 0.15) is 52.5 Å². The van der Waals surface area contributed by atoms with Gasteiger partial charge in [-0.15, -0.1) is 0 Å². The number of hydrogen-bond acceptors (Lipinski definition) is 7. The molecule has 0 aromatic carbocycles. The van der Waals surface area contributed by atoms with E-state index in [1.54, 1.807) is 0 Å². The first kappa shape index (κ1) is 17.4. The van der Waals surface area contributed by atoms with E-state index in [9.17, 15) is 14.4 Å². The van der Waals surface area contributed by atoms with Gasteiger partial charge in [0.05, 0.1) is 0 Å². The molecule has 8 nitrogen and oxygen atoms in total. The number of ketones is 1. The molecule has 0 spiro atoms. The highest BCUT2D eigenvalue weighted by atomic mass is 32.1. The van der Waals surface area contributed by atoms with Crippen molar-refractivity contribution in [2.45, 2.75) is 33.3 Å². The highest BCUT2D eigenvalue weighted by Gasteiger charge is 2.32. The average Bonchev–Trinajstić information content (AvgIpc) is 2.92. The van der Waals surface area contributed by atoms with Crippen LogP contribution in [0.15, 0.2) is 10.9 Å². The Kier molecular flexibility index (Phi) is 4.53. The Labute approximate surface area is 147 Å². The van der Waals surface area contributed by atoms with Crippen molar-refractivity contribution in [2.75, 3.05) is 12.4 Å². The molecule has 2 aromatic heterocycles. The highest BCUT2D eigenvalue weighted by molar-refractivity contribution is 7.09. The number of ether oxygens (including phenoxy) is 1. The number of fused-ring (bicyclic) bond motifs is 1. The molecule has 1 aliphatic carbocycles. The van der Waals surface area contributed by atoms with Gasteiger partial charge in [0.25, 0.3) is 11.5 Å². The second-order valence-electron chi connectivity index (χ2n) is 6.75. The molecule has 0 fully saturated rings. The molecule has 0 aliphatic heterocycles. The van der Waals surface area contributed by atoms with Crippen molar-refractivity contribution in [3.8, 4) is 0 Å². The van der Waals surface area contributed by atoms with E-state index >= 15 is 0 Å². The maximum absolute atomic E-state index is 12.4. The fourth-order valence-electron chi connectivity index (χ4n) is 2.85. The van der Waals surface area contributed by atoms with E-state index in [1.165, 1.54) is 13.2 Å². The molecule has 2 N–H and O–H groups in total. The first-order valence-corrected chi connectivity index (χ1v) is 8.49. The molecule has 0 saturated heterocycles. The van der Waals surface area contributed by atoms with Gasteiger partial charge < -0.3 is 9.72 Å². The minimum atomic E-state index is -0.623. The van der Waals surface area contributed by atoms with Crippen LogP contribution in [0.25, 0.3) is 0 Å². The fourth-order valence-corrected chi connectivity index (χ4v) is 3.42. The molecule has 0 unspecified atom stereocenters. The number of anilines is 1. The number of amides is 1. The van der Waals surface area contributed by atoms with Crippen molar-refractivity contribution in [2.24, 2.45) is 5.41 Å². The van der Waals surface area contributed by atoms with Gasteiger partial charge in [-0.3, -0.25) is 19.7 Å². The lowest BCUT2D eigenvalue weighted by molar-refractivity contribution is 0.0910. The van der Waals surface area contributed by atoms with Gasteiger partial charge >= 0.3 is 0 Å². The molecule has 2 heterocycles. The third kappa shape index (κ3) is 3.67. The Hall–Kier alpha value is -2.39. The number of nitrogens with one attached hydrogen (secondary N) is 2. The van der Waals surface area contributed by atoms with E-state index in [0.717, 1.165) is 11.5 Å². The molecule has 3 rings (SSSR count). The largest absolute Gasteiger partial charge is 0.377 e. The molecule has 25 heavy (non-hydrogen) atoms. The van der Waals surface area contributed by atoms with E-state index in [-0.39, 0.29) is 28.5 Å². The van der Waals surface area contributed by atoms with E-state index < -0.39 is 11.5 Å². The van der Waals surface area contributed by atoms with Crippen LogP contribution in [0.5, 0.6) is 0 Å². The number of H-pyrrole nitrogens is 1. The topological polar surface area (TPSA) is 114 Å². The first-order chi connectivity index (χ1) is 11.8. The highest BCUT2D eigenvalue weighted by Crippen LogP contribution is 2.33. The van der Waals surface area contributed by atoms with Gasteiger partial charge in [-0.05, 0) is 17.9 Å². The van der Waals surface area contributed by atoms with Gasteiger partial charge in [0, 0.05) is 36.3 Å². The lowest BCUT2D eigenvalue weighted by Crippen LogP contribution is -2.32. The minimum absolute atomic E-state index is 0.0742. The van der Waals surface area contributed by atoms with E-state index in [1.807, 2.05) is 13.8 Å². The molecule has 0 radical (unpaired) electrons. The Morgan fingerprint density at radius 2 is 2.16 bits per heavy atom. The Morgan fingerprint density at radius 1 is 1.40 bits per heavy atom. The number of carbonyl (C=O) groups excluding carboxylic acids is 2. The summed E-state index contributed by atoms with van der Waals surface area (Å²) in [6.45, 7) is 4.18. The fraction of sp³-hybridized carbons (Fsp3) is 0.438. The van der Waals surface area contributed by atoms with Crippen molar-refractivity contribution < 1.29 is 14.3 Å². The number of hydrogen-bond donors (Lipinski definition) is 2. The van der Waals surface area contributed by atoms with E-state index in [2.05, 4.69) is 19.7 Å². The number of pyridine rings is 1. The molecule has 1 aliphatic rings. The lowest BCUT2D eigenvalue weighted by atomic mass is 9.75. The van der Waals surface area contributed by atoms with Crippen molar-refractivity contribution in [1.82, 2.24) is 14.3 Å². The molecular weight excluding hydrogens is 344 g/mol. The standard InChI is InChI=1S/C16H18N4O4S/c1-16(2)5-10-8(11(21)6-16)4-9(13(22)17-10)14(23)19-15-18-12(7-24-3)20-25-15/h4H,5-7H2,1-3H3,(H,17,22)(H,18,19,20,23). The van der Waals surface area contributed by atoms with Crippen molar-refractivity contribution in [3.63, 3.8) is 0 Å². The van der Waals surface area contributed by atoms with Crippen LogP contribution < -0.4 is 10.9 Å². The summed E-state index contributed by atoms with van der Waals surface area (Å²) < 4.78 is 8.94. The Balaban J connectivity index is 1.87. The predicted octanol–water partition coefficient (Wildman–Crippen LogP) is 1.78. The molecule has 0 atom stereocenters. The number of carbonyl (C=O) groups is 2. The van der Waals surface area contributed by atoms with Crippen LogP contribution >= 0.6 is 11.5 Å². The quantitative estimate of drug-likeness (QED) is 0.857. The first-order valence-electron chi connectivity index (χ1n) is 7.71. The van der Waals surface area contributed by atoms with Crippen molar-refractivity contribution in [3.05, 3.63) is 39.1 Å². The van der Waals surface area contributed by atoms with Crippen molar-refractivity contribution in [1.29, 1.82) is 0 Å². The summed E-state index contributed by atoms with van der Waals surface area (Å²) in [6, 6.07) is 1.37. The van der Waals surface area contributed by atoms with E-state index in [4.69, 9.17) is 4.74 Å². The Bertz CT molecular complexity index is 900. The van der Waals surface area contributed by atoms with E-state index in [0.29, 0.717) is 29.9 Å². The van der Waals surface area contributed by atoms with Crippen LogP contribution in [0, 0.1) is 5.41 Å². The molecule has 1 amide bonds. The SMILES string of the molecule is COCc1nsc(NC(=O)c2cc3c([nH]c2=O)CC(C)(C)CC3=O)n1. The van der Waals surface area contributed by atoms with Crippen LogP contribution in [0.4, 0.5) is 5.13 Å². The second-order valence-corrected chi connectivity index (χ2v) is 7.50. The maximum Gasteiger partial charge on any atom is 0.263 e. The summed E-state index contributed by atoms with van der Waals surface area (Å²) in [5.74, 6) is -0.254. The van der Waals surface area contributed by atoms with Crippen LogP contribution in [-0.4, -0.2) is 33.1 Å². The zero-order chi connectivity index (χ0) is 18.2. The zero-order valence-corrected chi connectivity index (χ0v) is 15.0. The molecule has 0 bridgehead atoms. The lowest BCUT2D eigenvalue weighted by Gasteiger charge is -2.29. The van der Waals surface area contributed by atoms with Gasteiger partial charge in [0.2, 0.25) is 5.13 Å². The second kappa shape index (κ2) is 6.49. The number of methoxy groups -OCH3 is 1. The number of aromatic amines is 1. The summed E-state index contributed by atoms with van der Waals surface area (Å²) >= 11 is 0.995. The summed E-state index contributed by atoms with van der Waals surface area (Å²) in [7, 11) is 1.52. The van der Waals surface area contributed by atoms with Crippen LogP contribution in [0.3, 0.4) is 0 Å². The third-order valence-electron chi connectivity index (χ3n) is 3.92. The van der Waals surface area contributed by atoms with Crippen LogP contribution in [-0.2, 0) is 17.8 Å². The number of nitrogens with zero attached hydrogens (tertiary/aromatic N) is 2. The number of rotatable bonds is 4. The molecule has 0 saturated carbocycles. The summed E-state index contributed by atoms with van der Waals surface area (Å²) in [4.78, 5) is 43.8. The van der Waals surface area contributed by atoms with Gasteiger partial charge in [-0.1, -0.05) is 13.8 Å². The maximum atomic E-state index is 12.4. The predicted molar refractivity (Wildman–Crippen MR) is 92.1 cm³/mol. The average molecular weight is 362 g/mol. The molecule has 2 aromatic rings. The summed E-state index contributed by atoms with van der Waals surface area (Å²) in [6.07, 6.45) is 0.964. The molecule has 132 valence electrons. The van der Waals surface area contributed by atoms with Crippen molar-refractivity contribution >= 4 is 28.4 Å². The molecule has 9 heteroatoms.